The van der Waals surface area contributed by atoms with Crippen molar-refractivity contribution in [2.75, 3.05) is 26.7 Å². The van der Waals surface area contributed by atoms with Crippen molar-refractivity contribution in [3.8, 4) is 11.5 Å². The molecule has 1 aliphatic heterocycles. The van der Waals surface area contributed by atoms with Crippen molar-refractivity contribution in [3.05, 3.63) is 35.9 Å². The molecule has 0 radical (unpaired) electrons. The van der Waals surface area contributed by atoms with Crippen LogP contribution in [-0.4, -0.2) is 60.5 Å². The highest BCUT2D eigenvalue weighted by Gasteiger charge is 2.52. The lowest BCUT2D eigenvalue weighted by Crippen LogP contribution is -2.56. The number of ether oxygens (including phenoxy) is 3. The summed E-state index contributed by atoms with van der Waals surface area (Å²) in [5.74, 6) is 2.38. The molecule has 3 aliphatic rings. The monoisotopic (exact) mass is 457 g/mol. The number of hydrogen-bond donors (Lipinski definition) is 1. The molecule has 6 nitrogen and oxygen atoms in total. The Labute approximate surface area is 197 Å². The Morgan fingerprint density at radius 1 is 1.30 bits per heavy atom. The first-order chi connectivity index (χ1) is 15.7. The zero-order valence-electron chi connectivity index (χ0n) is 20.6. The lowest BCUT2D eigenvalue weighted by atomic mass is 9.57. The van der Waals surface area contributed by atoms with Gasteiger partial charge in [-0.1, -0.05) is 32.1 Å². The average molecular weight is 458 g/mol. The predicted molar refractivity (Wildman–Crippen MR) is 127 cm³/mol. The number of fused-ring (bicyclic) bond motifs is 2. The number of carbonyl (C=O) groups is 1. The molecule has 7 atom stereocenters. The van der Waals surface area contributed by atoms with Gasteiger partial charge in [-0.15, -0.1) is 0 Å². The average Bonchev–Trinajstić information content (AvgIpc) is 2.75. The van der Waals surface area contributed by atoms with E-state index in [-0.39, 0.29) is 30.0 Å². The summed E-state index contributed by atoms with van der Waals surface area (Å²) >= 11 is 0. The van der Waals surface area contributed by atoms with Crippen LogP contribution < -0.4 is 9.47 Å². The Hall–Kier alpha value is -2.05. The van der Waals surface area contributed by atoms with E-state index in [9.17, 15) is 9.90 Å². The zero-order chi connectivity index (χ0) is 23.8. The second-order valence-corrected chi connectivity index (χ2v) is 10.6. The number of aliphatic hydroxyl groups is 1. The topological polar surface area (TPSA) is 68.2 Å². The molecule has 0 saturated heterocycles. The minimum atomic E-state index is -0.834. The zero-order valence-corrected chi connectivity index (χ0v) is 20.6. The van der Waals surface area contributed by atoms with Crippen LogP contribution in [0.15, 0.2) is 35.9 Å². The number of rotatable bonds is 6. The standard InChI is InChI=1S/C27H39NO5/c1-17-12-23-22(11-10-19(3)27(23,30)13-26(17)32-20(4)29)18(2)14-28(5)15-21-16-31-24-8-6-7-9-25(24)33-21/h6-9,12,18-19,21-23,26,30H,10-11,13-16H2,1-5H3/t18?,19-,21?,22+,23-,26-,27-/m1/s1. The number of esters is 1. The van der Waals surface area contributed by atoms with Crippen LogP contribution >= 0.6 is 0 Å². The van der Waals surface area contributed by atoms with Crippen LogP contribution in [0.2, 0.25) is 0 Å². The summed E-state index contributed by atoms with van der Waals surface area (Å²) in [7, 11) is 2.14. The fourth-order valence-corrected chi connectivity index (χ4v) is 6.20. The molecule has 4 rings (SSSR count). The van der Waals surface area contributed by atoms with Crippen LogP contribution in [0.4, 0.5) is 0 Å². The Bertz CT molecular complexity index is 885. The van der Waals surface area contributed by atoms with Gasteiger partial charge in [-0.25, -0.2) is 0 Å². The van der Waals surface area contributed by atoms with Gasteiger partial charge >= 0.3 is 5.97 Å². The molecule has 1 aromatic carbocycles. The normalized spacial score (nSPS) is 34.3. The van der Waals surface area contributed by atoms with Gasteiger partial charge in [0.1, 0.15) is 18.8 Å². The van der Waals surface area contributed by atoms with E-state index in [4.69, 9.17) is 14.2 Å². The molecule has 0 amide bonds. The second-order valence-electron chi connectivity index (χ2n) is 10.6. The third kappa shape index (κ3) is 5.07. The van der Waals surface area contributed by atoms with Crippen LogP contribution in [0, 0.1) is 23.7 Å². The molecule has 2 aliphatic carbocycles. The Balaban J connectivity index is 1.41. The van der Waals surface area contributed by atoms with Gasteiger partial charge in [0.05, 0.1) is 5.60 Å². The van der Waals surface area contributed by atoms with Crippen LogP contribution in [0.3, 0.4) is 0 Å². The van der Waals surface area contributed by atoms with Crippen LogP contribution in [0.25, 0.3) is 0 Å². The number of para-hydroxylation sites is 2. The Kier molecular flexibility index (Phi) is 7.06. The Morgan fingerprint density at radius 3 is 2.76 bits per heavy atom. The van der Waals surface area contributed by atoms with Gasteiger partial charge in [-0.05, 0) is 62.3 Å². The van der Waals surface area contributed by atoms with Crippen molar-refractivity contribution in [1.82, 2.24) is 4.90 Å². The van der Waals surface area contributed by atoms with E-state index in [0.717, 1.165) is 43.0 Å². The molecular weight excluding hydrogens is 418 g/mol. The van der Waals surface area contributed by atoms with Crippen LogP contribution in [0.5, 0.6) is 11.5 Å². The molecule has 182 valence electrons. The van der Waals surface area contributed by atoms with Crippen molar-refractivity contribution >= 4 is 5.97 Å². The second kappa shape index (κ2) is 9.67. The van der Waals surface area contributed by atoms with Crippen molar-refractivity contribution in [1.29, 1.82) is 0 Å². The maximum Gasteiger partial charge on any atom is 0.303 e. The minimum absolute atomic E-state index is 0.00159. The molecule has 1 aromatic rings. The minimum Gasteiger partial charge on any atom is -0.486 e. The maximum absolute atomic E-state index is 11.8. The van der Waals surface area contributed by atoms with Gasteiger partial charge in [0, 0.05) is 32.4 Å². The summed E-state index contributed by atoms with van der Waals surface area (Å²) in [6.45, 7) is 10.2. The van der Waals surface area contributed by atoms with E-state index in [0.29, 0.717) is 24.9 Å². The molecule has 1 N–H and O–H groups in total. The third-order valence-corrected chi connectivity index (χ3v) is 8.01. The molecular formula is C27H39NO5. The summed E-state index contributed by atoms with van der Waals surface area (Å²) in [6.07, 6.45) is 4.45. The highest BCUT2D eigenvalue weighted by molar-refractivity contribution is 5.66. The quantitative estimate of drug-likeness (QED) is 0.513. The first-order valence-corrected chi connectivity index (χ1v) is 12.3. The first kappa shape index (κ1) is 24.1. The van der Waals surface area contributed by atoms with E-state index in [1.807, 2.05) is 31.2 Å². The summed E-state index contributed by atoms with van der Waals surface area (Å²) in [5.41, 5.74) is 0.227. The summed E-state index contributed by atoms with van der Waals surface area (Å²) in [4.78, 5) is 13.9. The van der Waals surface area contributed by atoms with Crippen LogP contribution in [0.1, 0.15) is 47.0 Å². The molecule has 6 heteroatoms. The van der Waals surface area contributed by atoms with Crippen molar-refractivity contribution in [2.45, 2.75) is 64.8 Å². The molecule has 0 bridgehead atoms. The van der Waals surface area contributed by atoms with E-state index >= 15 is 0 Å². The van der Waals surface area contributed by atoms with Gasteiger partial charge in [0.15, 0.2) is 11.5 Å². The van der Waals surface area contributed by atoms with Crippen molar-refractivity contribution in [3.63, 3.8) is 0 Å². The van der Waals surface area contributed by atoms with Gasteiger partial charge in [0.25, 0.3) is 0 Å². The van der Waals surface area contributed by atoms with E-state index in [2.05, 4.69) is 31.9 Å². The molecule has 2 unspecified atom stereocenters. The number of benzene rings is 1. The SMILES string of the molecule is CC(=O)O[C@@H]1C[C@@]2(O)[C@H](C)CC[C@@H](C(C)CN(C)CC3COc4ccccc4O3)[C@H]2C=C1C. The van der Waals surface area contributed by atoms with E-state index in [1.54, 1.807) is 0 Å². The summed E-state index contributed by atoms with van der Waals surface area (Å²) < 4.78 is 17.6. The number of nitrogens with zero attached hydrogens (tertiary/aromatic N) is 1. The molecule has 33 heavy (non-hydrogen) atoms. The summed E-state index contributed by atoms with van der Waals surface area (Å²) in [5, 5.41) is 11.8. The van der Waals surface area contributed by atoms with Gasteiger partial charge < -0.3 is 24.2 Å². The van der Waals surface area contributed by atoms with Crippen molar-refractivity contribution in [2.24, 2.45) is 23.7 Å². The van der Waals surface area contributed by atoms with Gasteiger partial charge in [0.2, 0.25) is 0 Å². The molecule has 0 aromatic heterocycles. The molecule has 1 fully saturated rings. The van der Waals surface area contributed by atoms with Crippen molar-refractivity contribution < 1.29 is 24.1 Å². The fourth-order valence-electron chi connectivity index (χ4n) is 6.20. The van der Waals surface area contributed by atoms with Gasteiger partial charge in [-0.2, -0.15) is 0 Å². The van der Waals surface area contributed by atoms with Gasteiger partial charge in [-0.3, -0.25) is 4.79 Å². The fraction of sp³-hybridized carbons (Fsp3) is 0.667. The molecule has 0 spiro atoms. The van der Waals surface area contributed by atoms with E-state index < -0.39 is 5.60 Å². The first-order valence-electron chi connectivity index (χ1n) is 12.3. The number of likely N-dealkylation sites (N-methyl/N-ethyl adjacent to an activating group) is 1. The lowest BCUT2D eigenvalue weighted by molar-refractivity contribution is -0.159. The van der Waals surface area contributed by atoms with E-state index in [1.165, 1.54) is 6.92 Å². The maximum atomic E-state index is 11.8. The molecule has 1 heterocycles. The number of carbonyl (C=O) groups excluding carboxylic acids is 1. The third-order valence-electron chi connectivity index (χ3n) is 8.01. The largest absolute Gasteiger partial charge is 0.486 e. The summed E-state index contributed by atoms with van der Waals surface area (Å²) in [6, 6.07) is 7.81. The highest BCUT2D eigenvalue weighted by Crippen LogP contribution is 2.51. The molecule has 1 saturated carbocycles. The smallest absolute Gasteiger partial charge is 0.303 e. The highest BCUT2D eigenvalue weighted by atomic mass is 16.6. The van der Waals surface area contributed by atoms with Crippen LogP contribution in [-0.2, 0) is 9.53 Å². The lowest BCUT2D eigenvalue weighted by Gasteiger charge is -2.53. The number of hydrogen-bond acceptors (Lipinski definition) is 6. The Morgan fingerprint density at radius 2 is 2.03 bits per heavy atom. The predicted octanol–water partition coefficient (Wildman–Crippen LogP) is 4.07.